The van der Waals surface area contributed by atoms with Gasteiger partial charge < -0.3 is 15.2 Å². The summed E-state index contributed by atoms with van der Waals surface area (Å²) in [5.41, 5.74) is 5.97. The first kappa shape index (κ1) is 10.6. The predicted molar refractivity (Wildman–Crippen MR) is 48.9 cm³/mol. The molecule has 0 aliphatic rings. The minimum absolute atomic E-state index is 0.266. The zero-order valence-electron chi connectivity index (χ0n) is 7.67. The molecule has 5 heteroatoms. The van der Waals surface area contributed by atoms with E-state index in [1.807, 2.05) is 0 Å². The van der Waals surface area contributed by atoms with Crippen molar-refractivity contribution in [3.63, 3.8) is 0 Å². The van der Waals surface area contributed by atoms with Gasteiger partial charge in [0.05, 0.1) is 7.11 Å². The standard InChI is InChI=1S/C9H11F2NO2/c1-13-8-4-6(12)2-3-7(8)14-5-9(10)11/h2-4,9H,5,12H2,1H3. The summed E-state index contributed by atoms with van der Waals surface area (Å²) in [4.78, 5) is 0. The van der Waals surface area contributed by atoms with Crippen LogP contribution in [0.2, 0.25) is 0 Å². The van der Waals surface area contributed by atoms with Crippen LogP contribution in [0.5, 0.6) is 11.5 Å². The largest absolute Gasteiger partial charge is 0.493 e. The maximum absolute atomic E-state index is 11.8. The van der Waals surface area contributed by atoms with Crippen LogP contribution in [-0.2, 0) is 0 Å². The fourth-order valence-corrected chi connectivity index (χ4v) is 0.956. The van der Waals surface area contributed by atoms with E-state index in [4.69, 9.17) is 15.2 Å². The summed E-state index contributed by atoms with van der Waals surface area (Å²) in [6.07, 6.45) is -2.50. The molecule has 1 aromatic carbocycles. The molecular weight excluding hydrogens is 192 g/mol. The number of anilines is 1. The van der Waals surface area contributed by atoms with Gasteiger partial charge >= 0.3 is 0 Å². The maximum Gasteiger partial charge on any atom is 0.272 e. The van der Waals surface area contributed by atoms with Crippen LogP contribution in [0.1, 0.15) is 0 Å². The second kappa shape index (κ2) is 4.64. The van der Waals surface area contributed by atoms with Crippen LogP contribution >= 0.6 is 0 Å². The Hall–Kier alpha value is -1.52. The number of methoxy groups -OCH3 is 1. The summed E-state index contributed by atoms with van der Waals surface area (Å²) in [7, 11) is 1.42. The summed E-state index contributed by atoms with van der Waals surface area (Å²) in [5.74, 6) is 0.618. The van der Waals surface area contributed by atoms with Crippen molar-refractivity contribution in [2.75, 3.05) is 19.5 Å². The van der Waals surface area contributed by atoms with Crippen molar-refractivity contribution in [3.05, 3.63) is 18.2 Å². The monoisotopic (exact) mass is 203 g/mol. The summed E-state index contributed by atoms with van der Waals surface area (Å²) in [6.45, 7) is -0.653. The van der Waals surface area contributed by atoms with Crippen molar-refractivity contribution in [1.82, 2.24) is 0 Å². The SMILES string of the molecule is COc1cc(N)ccc1OCC(F)F. The lowest BCUT2D eigenvalue weighted by Crippen LogP contribution is -2.07. The fraction of sp³-hybridized carbons (Fsp3) is 0.333. The molecule has 0 aliphatic carbocycles. The van der Waals surface area contributed by atoms with Gasteiger partial charge in [-0.2, -0.15) is 0 Å². The molecule has 0 bridgehead atoms. The number of benzene rings is 1. The highest BCUT2D eigenvalue weighted by atomic mass is 19.3. The molecule has 0 radical (unpaired) electrons. The van der Waals surface area contributed by atoms with Crippen LogP contribution in [0, 0.1) is 0 Å². The molecule has 0 spiro atoms. The topological polar surface area (TPSA) is 44.5 Å². The maximum atomic E-state index is 11.8. The Labute approximate surface area is 80.4 Å². The lowest BCUT2D eigenvalue weighted by atomic mass is 10.3. The van der Waals surface area contributed by atoms with Gasteiger partial charge in [0.1, 0.15) is 6.61 Å². The Morgan fingerprint density at radius 2 is 2.07 bits per heavy atom. The van der Waals surface area contributed by atoms with E-state index in [2.05, 4.69) is 0 Å². The van der Waals surface area contributed by atoms with Crippen molar-refractivity contribution < 1.29 is 18.3 Å². The molecule has 0 aliphatic heterocycles. The number of hydrogen-bond donors (Lipinski definition) is 1. The molecule has 0 aromatic heterocycles. The molecule has 1 aromatic rings. The first-order chi connectivity index (χ1) is 6.63. The van der Waals surface area contributed by atoms with Crippen LogP contribution in [0.3, 0.4) is 0 Å². The summed E-state index contributed by atoms with van der Waals surface area (Å²) < 4.78 is 33.4. The second-order valence-corrected chi connectivity index (χ2v) is 2.61. The van der Waals surface area contributed by atoms with Gasteiger partial charge in [-0.15, -0.1) is 0 Å². The lowest BCUT2D eigenvalue weighted by molar-refractivity contribution is 0.0804. The molecule has 1 rings (SSSR count). The molecule has 78 valence electrons. The molecule has 2 N–H and O–H groups in total. The van der Waals surface area contributed by atoms with Gasteiger partial charge in [0.15, 0.2) is 11.5 Å². The third-order valence-electron chi connectivity index (χ3n) is 1.55. The molecular formula is C9H11F2NO2. The van der Waals surface area contributed by atoms with E-state index in [0.29, 0.717) is 11.4 Å². The molecule has 14 heavy (non-hydrogen) atoms. The Morgan fingerprint density at radius 1 is 1.36 bits per heavy atom. The van der Waals surface area contributed by atoms with E-state index in [1.165, 1.54) is 19.2 Å². The van der Waals surface area contributed by atoms with Gasteiger partial charge in [-0.25, -0.2) is 8.78 Å². The smallest absolute Gasteiger partial charge is 0.272 e. The highest BCUT2D eigenvalue weighted by Gasteiger charge is 2.08. The number of halogens is 2. The number of nitrogens with two attached hydrogens (primary N) is 1. The zero-order chi connectivity index (χ0) is 10.6. The average Bonchev–Trinajstić information content (AvgIpc) is 2.15. The van der Waals surface area contributed by atoms with Crippen LogP contribution in [0.15, 0.2) is 18.2 Å². The minimum Gasteiger partial charge on any atom is -0.493 e. The van der Waals surface area contributed by atoms with E-state index in [1.54, 1.807) is 6.07 Å². The molecule has 0 atom stereocenters. The third kappa shape index (κ3) is 2.76. The van der Waals surface area contributed by atoms with Gasteiger partial charge in [-0.3, -0.25) is 0 Å². The van der Waals surface area contributed by atoms with Gasteiger partial charge in [0, 0.05) is 11.8 Å². The number of rotatable bonds is 4. The summed E-state index contributed by atoms with van der Waals surface area (Å²) >= 11 is 0. The first-order valence-electron chi connectivity index (χ1n) is 3.98. The minimum atomic E-state index is -2.50. The van der Waals surface area contributed by atoms with Crippen LogP contribution in [0.25, 0.3) is 0 Å². The van der Waals surface area contributed by atoms with E-state index < -0.39 is 13.0 Å². The van der Waals surface area contributed by atoms with Crippen LogP contribution < -0.4 is 15.2 Å². The number of hydrogen-bond acceptors (Lipinski definition) is 3. The number of nitrogen functional groups attached to an aromatic ring is 1. The predicted octanol–water partition coefficient (Wildman–Crippen LogP) is 1.92. The van der Waals surface area contributed by atoms with E-state index in [-0.39, 0.29) is 5.75 Å². The van der Waals surface area contributed by atoms with Crippen molar-refractivity contribution in [2.45, 2.75) is 6.43 Å². The Bertz CT molecular complexity index is 305. The Morgan fingerprint density at radius 3 is 2.64 bits per heavy atom. The highest BCUT2D eigenvalue weighted by Crippen LogP contribution is 2.29. The second-order valence-electron chi connectivity index (χ2n) is 2.61. The van der Waals surface area contributed by atoms with Gasteiger partial charge in [-0.1, -0.05) is 0 Å². The van der Waals surface area contributed by atoms with Crippen molar-refractivity contribution in [3.8, 4) is 11.5 Å². The molecule has 0 amide bonds. The van der Waals surface area contributed by atoms with Gasteiger partial charge in [0.25, 0.3) is 6.43 Å². The zero-order valence-corrected chi connectivity index (χ0v) is 7.67. The molecule has 0 saturated carbocycles. The molecule has 0 unspecified atom stereocenters. The summed E-state index contributed by atoms with van der Waals surface area (Å²) in [6, 6.07) is 4.57. The first-order valence-corrected chi connectivity index (χ1v) is 3.98. The molecule has 0 fully saturated rings. The van der Waals surface area contributed by atoms with Crippen LogP contribution in [-0.4, -0.2) is 20.1 Å². The van der Waals surface area contributed by atoms with Crippen molar-refractivity contribution in [2.24, 2.45) is 0 Å². The van der Waals surface area contributed by atoms with E-state index in [0.717, 1.165) is 0 Å². The van der Waals surface area contributed by atoms with Crippen molar-refractivity contribution in [1.29, 1.82) is 0 Å². The Kier molecular flexibility index (Phi) is 3.50. The third-order valence-corrected chi connectivity index (χ3v) is 1.55. The molecule has 0 heterocycles. The van der Waals surface area contributed by atoms with Crippen LogP contribution in [0.4, 0.5) is 14.5 Å². The van der Waals surface area contributed by atoms with Gasteiger partial charge in [-0.05, 0) is 12.1 Å². The molecule has 3 nitrogen and oxygen atoms in total. The van der Waals surface area contributed by atoms with Gasteiger partial charge in [0.2, 0.25) is 0 Å². The normalized spacial score (nSPS) is 10.3. The lowest BCUT2D eigenvalue weighted by Gasteiger charge is -2.10. The quantitative estimate of drug-likeness (QED) is 0.760. The average molecular weight is 203 g/mol. The summed E-state index contributed by atoms with van der Waals surface area (Å²) in [5, 5.41) is 0. The fourth-order valence-electron chi connectivity index (χ4n) is 0.956. The Balaban J connectivity index is 2.75. The highest BCUT2D eigenvalue weighted by molar-refractivity contribution is 5.51. The molecule has 0 saturated heterocycles. The van der Waals surface area contributed by atoms with E-state index in [9.17, 15) is 8.78 Å². The van der Waals surface area contributed by atoms with E-state index >= 15 is 0 Å². The number of alkyl halides is 2. The van der Waals surface area contributed by atoms with Crippen molar-refractivity contribution >= 4 is 5.69 Å². The number of ether oxygens (including phenoxy) is 2.